The van der Waals surface area contributed by atoms with Crippen LogP contribution < -0.4 is 5.32 Å². The van der Waals surface area contributed by atoms with Gasteiger partial charge >= 0.3 is 0 Å². The number of sulfonamides is 1. The first-order chi connectivity index (χ1) is 10.9. The lowest BCUT2D eigenvalue weighted by atomic mass is 9.97. The second-order valence-electron chi connectivity index (χ2n) is 5.44. The normalized spacial score (nSPS) is 17.3. The summed E-state index contributed by atoms with van der Waals surface area (Å²) < 4.78 is 24.4. The van der Waals surface area contributed by atoms with Crippen molar-refractivity contribution in [1.29, 1.82) is 0 Å². The van der Waals surface area contributed by atoms with Gasteiger partial charge < -0.3 is 5.32 Å². The number of anilines is 1. The number of carbonyl (C=O) groups excluding carboxylic acids is 1. The minimum Gasteiger partial charge on any atom is -0.302 e. The summed E-state index contributed by atoms with van der Waals surface area (Å²) >= 11 is 3.01. The lowest BCUT2D eigenvalue weighted by Crippen LogP contribution is -2.40. The second kappa shape index (κ2) is 6.68. The minimum atomic E-state index is -3.16. The molecule has 1 aliphatic heterocycles. The van der Waals surface area contributed by atoms with Crippen molar-refractivity contribution < 1.29 is 13.2 Å². The van der Waals surface area contributed by atoms with E-state index >= 15 is 0 Å². The molecule has 0 unspecified atom stereocenters. The van der Waals surface area contributed by atoms with Crippen molar-refractivity contribution in [2.45, 2.75) is 12.8 Å². The van der Waals surface area contributed by atoms with E-state index in [4.69, 9.17) is 0 Å². The van der Waals surface area contributed by atoms with Crippen molar-refractivity contribution in [3.8, 4) is 10.6 Å². The number of piperidine rings is 1. The Bertz CT molecular complexity index is 775. The fourth-order valence-electron chi connectivity index (χ4n) is 2.53. The predicted molar refractivity (Wildman–Crippen MR) is 93.2 cm³/mol. The van der Waals surface area contributed by atoms with Crippen molar-refractivity contribution in [1.82, 2.24) is 9.29 Å². The fourth-order valence-corrected chi connectivity index (χ4v) is 4.87. The highest BCUT2D eigenvalue weighted by molar-refractivity contribution is 7.88. The SMILES string of the molecule is CS(=O)(=O)N1CCC(C(=O)Nc2nc(-c3cccs3)cs2)CC1. The van der Waals surface area contributed by atoms with E-state index in [0.717, 1.165) is 10.6 Å². The molecule has 1 fully saturated rings. The summed E-state index contributed by atoms with van der Waals surface area (Å²) in [6.45, 7) is 0.796. The Morgan fingerprint density at radius 1 is 1.35 bits per heavy atom. The summed E-state index contributed by atoms with van der Waals surface area (Å²) in [4.78, 5) is 17.8. The molecule has 2 aromatic heterocycles. The molecule has 9 heteroatoms. The van der Waals surface area contributed by atoms with Crippen molar-refractivity contribution in [3.05, 3.63) is 22.9 Å². The molecule has 3 rings (SSSR count). The maximum Gasteiger partial charge on any atom is 0.229 e. The highest BCUT2D eigenvalue weighted by Crippen LogP contribution is 2.29. The molecule has 0 aromatic carbocycles. The van der Waals surface area contributed by atoms with Crippen LogP contribution in [0.4, 0.5) is 5.13 Å². The van der Waals surface area contributed by atoms with Gasteiger partial charge in [-0.3, -0.25) is 4.79 Å². The molecule has 1 amide bonds. The van der Waals surface area contributed by atoms with Gasteiger partial charge in [0.25, 0.3) is 0 Å². The van der Waals surface area contributed by atoms with Crippen LogP contribution in [0.25, 0.3) is 10.6 Å². The highest BCUT2D eigenvalue weighted by Gasteiger charge is 2.29. The number of thiazole rings is 1. The number of nitrogens with one attached hydrogen (secondary N) is 1. The molecule has 2 aromatic rings. The largest absolute Gasteiger partial charge is 0.302 e. The Morgan fingerprint density at radius 2 is 2.09 bits per heavy atom. The van der Waals surface area contributed by atoms with Crippen molar-refractivity contribution in [2.75, 3.05) is 24.7 Å². The average molecular weight is 372 g/mol. The first-order valence-corrected chi connectivity index (χ1v) is 10.8. The van der Waals surface area contributed by atoms with E-state index in [-0.39, 0.29) is 11.8 Å². The summed E-state index contributed by atoms with van der Waals surface area (Å²) in [5.41, 5.74) is 0.868. The van der Waals surface area contributed by atoms with Crippen LogP contribution in [0.15, 0.2) is 22.9 Å². The Hall–Kier alpha value is -1.29. The van der Waals surface area contributed by atoms with Crippen LogP contribution >= 0.6 is 22.7 Å². The summed E-state index contributed by atoms with van der Waals surface area (Å²) in [6, 6.07) is 3.96. The standard InChI is InChI=1S/C14H17N3O3S3/c1-23(19,20)17-6-4-10(5-7-17)13(18)16-14-15-11(9-22-14)12-3-2-8-21-12/h2-3,8-10H,4-7H2,1H3,(H,15,16,18). The van der Waals surface area contributed by atoms with E-state index in [1.54, 1.807) is 11.3 Å². The highest BCUT2D eigenvalue weighted by atomic mass is 32.2. The number of aromatic nitrogens is 1. The Kier molecular flexibility index (Phi) is 4.81. The van der Waals surface area contributed by atoms with E-state index in [9.17, 15) is 13.2 Å². The van der Waals surface area contributed by atoms with Gasteiger partial charge in [-0.15, -0.1) is 22.7 Å². The van der Waals surface area contributed by atoms with Gasteiger partial charge in [-0.1, -0.05) is 6.07 Å². The Labute approximate surface area is 143 Å². The van der Waals surface area contributed by atoms with Crippen molar-refractivity contribution >= 4 is 43.7 Å². The molecule has 1 saturated heterocycles. The number of thiophene rings is 1. The maximum atomic E-state index is 12.3. The number of rotatable bonds is 4. The molecule has 0 atom stereocenters. The molecule has 0 aliphatic carbocycles. The fraction of sp³-hybridized carbons (Fsp3) is 0.429. The lowest BCUT2D eigenvalue weighted by Gasteiger charge is -2.29. The molecule has 0 bridgehead atoms. The molecule has 6 nitrogen and oxygen atoms in total. The van der Waals surface area contributed by atoms with Crippen LogP contribution in [0.5, 0.6) is 0 Å². The van der Waals surface area contributed by atoms with Crippen molar-refractivity contribution in [3.63, 3.8) is 0 Å². The number of hydrogen-bond acceptors (Lipinski definition) is 6. The summed E-state index contributed by atoms with van der Waals surface area (Å²) in [7, 11) is -3.16. The zero-order valence-electron chi connectivity index (χ0n) is 12.6. The smallest absolute Gasteiger partial charge is 0.229 e. The third-order valence-electron chi connectivity index (χ3n) is 3.80. The first kappa shape index (κ1) is 16.6. The summed E-state index contributed by atoms with van der Waals surface area (Å²) in [5.74, 6) is -0.243. The van der Waals surface area contributed by atoms with Gasteiger partial charge in [0.2, 0.25) is 15.9 Å². The van der Waals surface area contributed by atoms with Gasteiger partial charge in [0, 0.05) is 24.4 Å². The number of nitrogens with zero attached hydrogens (tertiary/aromatic N) is 2. The van der Waals surface area contributed by atoms with Crippen LogP contribution in [0.3, 0.4) is 0 Å². The van der Waals surface area contributed by atoms with Gasteiger partial charge in [-0.2, -0.15) is 0 Å². The van der Waals surface area contributed by atoms with Crippen molar-refractivity contribution in [2.24, 2.45) is 5.92 Å². The summed E-state index contributed by atoms with van der Waals surface area (Å²) in [6.07, 6.45) is 2.29. The molecule has 0 saturated carbocycles. The third-order valence-corrected chi connectivity index (χ3v) is 6.75. The third kappa shape index (κ3) is 3.97. The van der Waals surface area contributed by atoms with Gasteiger partial charge in [0.1, 0.15) is 0 Å². The molecular formula is C14H17N3O3S3. The number of carbonyl (C=O) groups is 1. The lowest BCUT2D eigenvalue weighted by molar-refractivity contribution is -0.120. The van der Waals surface area contributed by atoms with Gasteiger partial charge in [0.15, 0.2) is 5.13 Å². The van der Waals surface area contributed by atoms with E-state index in [2.05, 4.69) is 10.3 Å². The number of amides is 1. The molecule has 0 spiro atoms. The predicted octanol–water partition coefficient (Wildman–Crippen LogP) is 2.48. The van der Waals surface area contributed by atoms with Gasteiger partial charge in [0.05, 0.1) is 16.8 Å². The second-order valence-corrected chi connectivity index (χ2v) is 9.23. The average Bonchev–Trinajstić information content (AvgIpc) is 3.17. The summed E-state index contributed by atoms with van der Waals surface area (Å²) in [5, 5.41) is 7.35. The molecule has 1 aliphatic rings. The molecule has 23 heavy (non-hydrogen) atoms. The van der Waals surface area contributed by atoms with E-state index in [1.807, 2.05) is 22.9 Å². The Balaban J connectivity index is 1.58. The minimum absolute atomic E-state index is 0.0785. The van der Waals surface area contributed by atoms with Crippen LogP contribution in [0.1, 0.15) is 12.8 Å². The first-order valence-electron chi connectivity index (χ1n) is 7.19. The van der Waals surface area contributed by atoms with E-state index in [1.165, 1.54) is 21.9 Å². The van der Waals surface area contributed by atoms with Crippen LogP contribution in [0, 0.1) is 5.92 Å². The zero-order chi connectivity index (χ0) is 16.4. The number of hydrogen-bond donors (Lipinski definition) is 1. The maximum absolute atomic E-state index is 12.3. The monoisotopic (exact) mass is 371 g/mol. The topological polar surface area (TPSA) is 79.4 Å². The van der Waals surface area contributed by atoms with Gasteiger partial charge in [-0.25, -0.2) is 17.7 Å². The molecule has 3 heterocycles. The van der Waals surface area contributed by atoms with E-state index in [0.29, 0.717) is 31.1 Å². The quantitative estimate of drug-likeness (QED) is 0.895. The van der Waals surface area contributed by atoms with Crippen LogP contribution in [0.2, 0.25) is 0 Å². The molecule has 0 radical (unpaired) electrons. The van der Waals surface area contributed by atoms with Crippen LogP contribution in [-0.4, -0.2) is 43.0 Å². The van der Waals surface area contributed by atoms with Gasteiger partial charge in [-0.05, 0) is 24.3 Å². The van der Waals surface area contributed by atoms with Crippen LogP contribution in [-0.2, 0) is 14.8 Å². The molecule has 1 N–H and O–H groups in total. The Morgan fingerprint density at radius 3 is 2.70 bits per heavy atom. The van der Waals surface area contributed by atoms with E-state index < -0.39 is 10.0 Å². The molecular weight excluding hydrogens is 354 g/mol. The molecule has 124 valence electrons. The zero-order valence-corrected chi connectivity index (χ0v) is 15.0.